The highest BCUT2D eigenvalue weighted by Gasteiger charge is 2.07. The van der Waals surface area contributed by atoms with E-state index in [-0.39, 0.29) is 12.4 Å². The Balaban J connectivity index is 2.63. The second-order valence-corrected chi connectivity index (χ2v) is 3.59. The molecule has 0 spiro atoms. The Hall–Kier alpha value is -1.68. The summed E-state index contributed by atoms with van der Waals surface area (Å²) in [5, 5.41) is 10.5. The molecule has 1 atom stereocenters. The van der Waals surface area contributed by atoms with Gasteiger partial charge >= 0.3 is 0 Å². The highest BCUT2D eigenvalue weighted by molar-refractivity contribution is 5.65. The predicted molar refractivity (Wildman–Crippen MR) is 56.0 cm³/mol. The van der Waals surface area contributed by atoms with Crippen LogP contribution in [0.5, 0.6) is 0 Å². The molecular weight excluding hydrogens is 209 g/mol. The van der Waals surface area contributed by atoms with Gasteiger partial charge < -0.3 is 14.8 Å². The average molecular weight is 223 g/mol. The van der Waals surface area contributed by atoms with Crippen molar-refractivity contribution in [1.82, 2.24) is 0 Å². The fraction of sp³-hybridized carbons (Fsp3) is 0.250. The number of hydrogen-bond acceptors (Lipinski definition) is 2. The van der Waals surface area contributed by atoms with E-state index in [2.05, 4.69) is 6.58 Å². The first kappa shape index (κ1) is 12.4. The first-order valence-corrected chi connectivity index (χ1v) is 5.00. The summed E-state index contributed by atoms with van der Waals surface area (Å²) in [6.45, 7) is 4.54. The number of carbonyl (C=O) groups is 1. The summed E-state index contributed by atoms with van der Waals surface area (Å²) in [4.78, 5) is 11.3. The van der Waals surface area contributed by atoms with Crippen molar-refractivity contribution in [3.63, 3.8) is 0 Å². The van der Waals surface area contributed by atoms with Gasteiger partial charge in [0.05, 0.1) is 12.5 Å². The van der Waals surface area contributed by atoms with E-state index < -0.39 is 5.97 Å². The summed E-state index contributed by atoms with van der Waals surface area (Å²) in [6, 6.07) is 6.02. The maximum Gasteiger partial charge on any atom is 0.123 e. The summed E-state index contributed by atoms with van der Waals surface area (Å²) in [6.07, 6.45) is 1.65. The molecule has 86 valence electrons. The van der Waals surface area contributed by atoms with Crippen LogP contribution in [-0.4, -0.2) is 19.1 Å². The molecule has 0 aliphatic heterocycles. The van der Waals surface area contributed by atoms with Crippen LogP contribution in [0.3, 0.4) is 0 Å². The van der Waals surface area contributed by atoms with Gasteiger partial charge in [-0.15, -0.1) is 0 Å². The molecule has 0 aliphatic carbocycles. The molecule has 4 heteroatoms. The van der Waals surface area contributed by atoms with Crippen molar-refractivity contribution in [2.75, 3.05) is 13.1 Å². The summed E-state index contributed by atoms with van der Waals surface area (Å²) in [5.74, 6) is -1.40. The number of nitrogens with one attached hydrogen (secondary N) is 1. The maximum absolute atomic E-state index is 12.7. The van der Waals surface area contributed by atoms with Crippen LogP contribution in [0.1, 0.15) is 5.56 Å². The fourth-order valence-corrected chi connectivity index (χ4v) is 1.51. The third-order valence-electron chi connectivity index (χ3n) is 2.19. The number of rotatable bonds is 6. The first-order valence-electron chi connectivity index (χ1n) is 5.00. The van der Waals surface area contributed by atoms with Crippen molar-refractivity contribution in [3.05, 3.63) is 48.3 Å². The molecule has 0 radical (unpaired) electrons. The average Bonchev–Trinajstić information content (AvgIpc) is 2.21. The van der Waals surface area contributed by atoms with Crippen LogP contribution in [0, 0.1) is 5.82 Å². The highest BCUT2D eigenvalue weighted by Crippen LogP contribution is 2.00. The van der Waals surface area contributed by atoms with E-state index >= 15 is 0 Å². The lowest BCUT2D eigenvalue weighted by molar-refractivity contribution is -0.902. The molecule has 0 fully saturated rings. The van der Waals surface area contributed by atoms with Crippen molar-refractivity contribution in [1.29, 1.82) is 0 Å². The predicted octanol–water partition coefficient (Wildman–Crippen LogP) is -0.853. The van der Waals surface area contributed by atoms with Crippen LogP contribution in [0.15, 0.2) is 36.9 Å². The van der Waals surface area contributed by atoms with Gasteiger partial charge in [0.1, 0.15) is 18.9 Å². The minimum Gasteiger partial charge on any atom is -0.544 e. The number of carboxylic acids is 1. The summed E-state index contributed by atoms with van der Waals surface area (Å²) >= 11 is 0. The van der Waals surface area contributed by atoms with E-state index in [0.29, 0.717) is 13.1 Å². The number of carboxylic acid groups (broad SMARTS) is 1. The Bertz CT molecular complexity index is 362. The van der Waals surface area contributed by atoms with Gasteiger partial charge in [-0.05, 0) is 18.2 Å². The van der Waals surface area contributed by atoms with Crippen LogP contribution < -0.4 is 10.0 Å². The zero-order valence-corrected chi connectivity index (χ0v) is 8.91. The molecule has 1 aromatic carbocycles. The van der Waals surface area contributed by atoms with Crippen molar-refractivity contribution < 1.29 is 19.2 Å². The normalized spacial score (nSPS) is 12.1. The maximum atomic E-state index is 12.7. The second kappa shape index (κ2) is 6.02. The van der Waals surface area contributed by atoms with Crippen molar-refractivity contribution in [2.24, 2.45) is 0 Å². The zero-order valence-electron chi connectivity index (χ0n) is 8.91. The molecule has 1 rings (SSSR count). The molecule has 1 unspecified atom stereocenters. The van der Waals surface area contributed by atoms with E-state index in [1.165, 1.54) is 12.1 Å². The Morgan fingerprint density at radius 1 is 1.44 bits per heavy atom. The van der Waals surface area contributed by atoms with Gasteiger partial charge in [0, 0.05) is 5.56 Å². The molecule has 0 saturated carbocycles. The molecule has 0 heterocycles. The lowest BCUT2D eigenvalue weighted by atomic mass is 10.2. The standard InChI is InChI=1S/C12H14FNO2/c1-2-7-14(9-12(15)16)8-10-3-5-11(13)6-4-10/h2-6H,1,7-9H2,(H,15,16). The lowest BCUT2D eigenvalue weighted by Crippen LogP contribution is -3.11. The number of benzene rings is 1. The minimum atomic E-state index is -1.10. The SMILES string of the molecule is C=CC[NH+](CC(=O)[O-])Cc1ccc(F)cc1. The van der Waals surface area contributed by atoms with Gasteiger partial charge in [-0.3, -0.25) is 0 Å². The molecule has 0 amide bonds. The van der Waals surface area contributed by atoms with Gasteiger partial charge in [-0.2, -0.15) is 0 Å². The molecule has 0 saturated heterocycles. The molecular formula is C12H14FNO2. The molecule has 16 heavy (non-hydrogen) atoms. The summed E-state index contributed by atoms with van der Waals surface area (Å²) in [5.41, 5.74) is 0.888. The molecule has 0 aliphatic rings. The van der Waals surface area contributed by atoms with E-state index in [4.69, 9.17) is 0 Å². The van der Waals surface area contributed by atoms with Crippen LogP contribution in [0.25, 0.3) is 0 Å². The largest absolute Gasteiger partial charge is 0.544 e. The minimum absolute atomic E-state index is 0.0800. The summed E-state index contributed by atoms with van der Waals surface area (Å²) < 4.78 is 12.7. The topological polar surface area (TPSA) is 44.6 Å². The number of aliphatic carboxylic acids is 1. The van der Waals surface area contributed by atoms with Crippen LogP contribution in [0.4, 0.5) is 4.39 Å². The monoisotopic (exact) mass is 223 g/mol. The molecule has 0 aromatic heterocycles. The summed E-state index contributed by atoms with van der Waals surface area (Å²) in [7, 11) is 0. The lowest BCUT2D eigenvalue weighted by Gasteiger charge is -2.18. The molecule has 3 nitrogen and oxygen atoms in total. The van der Waals surface area contributed by atoms with Gasteiger partial charge in [0.25, 0.3) is 0 Å². The number of quaternary nitrogens is 1. The van der Waals surface area contributed by atoms with E-state index in [9.17, 15) is 14.3 Å². The molecule has 0 bridgehead atoms. The third-order valence-corrected chi connectivity index (χ3v) is 2.19. The van der Waals surface area contributed by atoms with Crippen LogP contribution in [0.2, 0.25) is 0 Å². The Morgan fingerprint density at radius 2 is 2.06 bits per heavy atom. The first-order chi connectivity index (χ1) is 7.61. The van der Waals surface area contributed by atoms with E-state index in [0.717, 1.165) is 10.5 Å². The highest BCUT2D eigenvalue weighted by atomic mass is 19.1. The smallest absolute Gasteiger partial charge is 0.123 e. The number of hydrogen-bond donors (Lipinski definition) is 1. The van der Waals surface area contributed by atoms with E-state index in [1.54, 1.807) is 18.2 Å². The van der Waals surface area contributed by atoms with Crippen molar-refractivity contribution >= 4 is 5.97 Å². The van der Waals surface area contributed by atoms with Crippen LogP contribution >= 0.6 is 0 Å². The quantitative estimate of drug-likeness (QED) is 0.638. The zero-order chi connectivity index (χ0) is 12.0. The molecule has 1 N–H and O–H groups in total. The fourth-order valence-electron chi connectivity index (χ4n) is 1.51. The second-order valence-electron chi connectivity index (χ2n) is 3.59. The number of carbonyl (C=O) groups excluding carboxylic acids is 1. The van der Waals surface area contributed by atoms with E-state index in [1.807, 2.05) is 0 Å². The van der Waals surface area contributed by atoms with Gasteiger partial charge in [0.15, 0.2) is 0 Å². The molecule has 1 aromatic rings. The third kappa shape index (κ3) is 4.23. The van der Waals surface area contributed by atoms with Crippen molar-refractivity contribution in [2.45, 2.75) is 6.54 Å². The van der Waals surface area contributed by atoms with Gasteiger partial charge in [0.2, 0.25) is 0 Å². The van der Waals surface area contributed by atoms with Crippen molar-refractivity contribution in [3.8, 4) is 0 Å². The number of halogens is 1. The Morgan fingerprint density at radius 3 is 2.56 bits per heavy atom. The Kier molecular flexibility index (Phi) is 4.66. The van der Waals surface area contributed by atoms with Gasteiger partial charge in [-0.1, -0.05) is 18.7 Å². The Labute approximate surface area is 93.8 Å². The van der Waals surface area contributed by atoms with Gasteiger partial charge in [-0.25, -0.2) is 4.39 Å². The van der Waals surface area contributed by atoms with Crippen LogP contribution in [-0.2, 0) is 11.3 Å².